The van der Waals surface area contributed by atoms with Crippen LogP contribution in [0.25, 0.3) is 11.2 Å². The third-order valence-electron chi connectivity index (χ3n) is 3.91. The fraction of sp³-hybridized carbons (Fsp3) is 0.278. The zero-order valence-electron chi connectivity index (χ0n) is 13.8. The number of aryl methyl sites for hydroxylation is 1. The number of aromatic nitrogens is 3. The fourth-order valence-electron chi connectivity index (χ4n) is 2.60. The first kappa shape index (κ1) is 16.0. The number of fused-ring (bicyclic) bond motifs is 1. The lowest BCUT2D eigenvalue weighted by atomic mass is 10.1. The van der Waals surface area contributed by atoms with Crippen LogP contribution in [0.5, 0.6) is 5.75 Å². The molecule has 2 heterocycles. The van der Waals surface area contributed by atoms with Crippen LogP contribution in [0.2, 0.25) is 0 Å². The van der Waals surface area contributed by atoms with E-state index in [4.69, 9.17) is 4.74 Å². The van der Waals surface area contributed by atoms with Crippen molar-refractivity contribution in [1.82, 2.24) is 19.9 Å². The Kier molecular flexibility index (Phi) is 4.74. The van der Waals surface area contributed by atoms with Crippen molar-refractivity contribution >= 4 is 17.1 Å². The molecule has 0 aliphatic carbocycles. The molecule has 0 unspecified atom stereocenters. The molecule has 0 bridgehead atoms. The van der Waals surface area contributed by atoms with Crippen molar-refractivity contribution < 1.29 is 9.53 Å². The maximum atomic E-state index is 12.0. The quantitative estimate of drug-likeness (QED) is 0.752. The summed E-state index contributed by atoms with van der Waals surface area (Å²) in [6.07, 6.45) is 2.78. The number of hydrogen-bond acceptors (Lipinski definition) is 4. The van der Waals surface area contributed by atoms with Gasteiger partial charge in [-0.2, -0.15) is 0 Å². The first-order valence-electron chi connectivity index (χ1n) is 7.83. The maximum Gasteiger partial charge on any atom is 0.224 e. The highest BCUT2D eigenvalue weighted by molar-refractivity contribution is 5.78. The number of amides is 1. The van der Waals surface area contributed by atoms with Gasteiger partial charge < -0.3 is 14.6 Å². The lowest BCUT2D eigenvalue weighted by Crippen LogP contribution is -2.27. The summed E-state index contributed by atoms with van der Waals surface area (Å²) in [7, 11) is 3.56. The summed E-state index contributed by atoms with van der Waals surface area (Å²) in [5, 5.41) is 2.94. The highest BCUT2D eigenvalue weighted by Crippen LogP contribution is 2.12. The topological polar surface area (TPSA) is 69.0 Å². The zero-order valence-corrected chi connectivity index (χ0v) is 13.8. The molecule has 124 valence electrons. The van der Waals surface area contributed by atoms with Crippen molar-refractivity contribution in [3.63, 3.8) is 0 Å². The maximum absolute atomic E-state index is 12.0. The number of nitrogens with zero attached hydrogens (tertiary/aromatic N) is 3. The van der Waals surface area contributed by atoms with Gasteiger partial charge in [0, 0.05) is 26.2 Å². The molecule has 0 saturated heterocycles. The minimum atomic E-state index is -0.00273. The Labute approximate surface area is 140 Å². The molecule has 1 aromatic carbocycles. The predicted octanol–water partition coefficient (Wildman–Crippen LogP) is 1.88. The Bertz CT molecular complexity index is 840. The fourth-order valence-corrected chi connectivity index (χ4v) is 2.60. The van der Waals surface area contributed by atoms with Gasteiger partial charge in [-0.15, -0.1) is 0 Å². The summed E-state index contributed by atoms with van der Waals surface area (Å²) < 4.78 is 7.07. The number of rotatable bonds is 6. The van der Waals surface area contributed by atoms with Crippen LogP contribution >= 0.6 is 0 Å². The minimum absolute atomic E-state index is 0.00273. The summed E-state index contributed by atoms with van der Waals surface area (Å²) in [4.78, 5) is 20.9. The van der Waals surface area contributed by atoms with E-state index in [1.54, 1.807) is 13.3 Å². The number of imidazole rings is 1. The van der Waals surface area contributed by atoms with Crippen molar-refractivity contribution in [2.24, 2.45) is 7.05 Å². The number of nitrogens with one attached hydrogen (secondary N) is 1. The molecule has 1 amide bonds. The summed E-state index contributed by atoms with van der Waals surface area (Å²) in [5.41, 5.74) is 2.69. The van der Waals surface area contributed by atoms with Gasteiger partial charge in [0.2, 0.25) is 5.91 Å². The van der Waals surface area contributed by atoms with Gasteiger partial charge >= 0.3 is 0 Å². The normalized spacial score (nSPS) is 10.8. The van der Waals surface area contributed by atoms with Crippen molar-refractivity contribution in [2.75, 3.05) is 13.7 Å². The van der Waals surface area contributed by atoms with E-state index in [1.165, 1.54) is 0 Å². The van der Waals surface area contributed by atoms with Gasteiger partial charge in [0.15, 0.2) is 5.65 Å². The largest absolute Gasteiger partial charge is 0.497 e. The molecule has 3 aromatic rings. The van der Waals surface area contributed by atoms with Crippen molar-refractivity contribution in [2.45, 2.75) is 12.8 Å². The number of carbonyl (C=O) groups excluding carboxylic acids is 1. The molecule has 0 aliphatic heterocycles. The monoisotopic (exact) mass is 324 g/mol. The van der Waals surface area contributed by atoms with E-state index in [9.17, 15) is 4.79 Å². The van der Waals surface area contributed by atoms with Gasteiger partial charge in [0.1, 0.15) is 17.1 Å². The van der Waals surface area contributed by atoms with E-state index in [0.29, 0.717) is 19.4 Å². The summed E-state index contributed by atoms with van der Waals surface area (Å²) in [6.45, 7) is 0.548. The van der Waals surface area contributed by atoms with Crippen LogP contribution in [0.15, 0.2) is 42.6 Å². The Balaban J connectivity index is 1.53. The highest BCUT2D eigenvalue weighted by Gasteiger charge is 2.09. The molecule has 0 spiro atoms. The van der Waals surface area contributed by atoms with E-state index < -0.39 is 0 Å². The van der Waals surface area contributed by atoms with Crippen molar-refractivity contribution in [1.29, 1.82) is 0 Å². The van der Waals surface area contributed by atoms with E-state index in [0.717, 1.165) is 28.3 Å². The molecule has 1 N–H and O–H groups in total. The predicted molar refractivity (Wildman–Crippen MR) is 91.9 cm³/mol. The average molecular weight is 324 g/mol. The molecule has 0 radical (unpaired) electrons. The van der Waals surface area contributed by atoms with Gasteiger partial charge in [-0.1, -0.05) is 12.1 Å². The third kappa shape index (κ3) is 3.53. The molecule has 6 nitrogen and oxygen atoms in total. The van der Waals surface area contributed by atoms with E-state index in [-0.39, 0.29) is 5.91 Å². The second kappa shape index (κ2) is 7.12. The molecule has 0 fully saturated rings. The number of ether oxygens (including phenoxy) is 1. The van der Waals surface area contributed by atoms with Gasteiger partial charge in [0.05, 0.1) is 13.5 Å². The smallest absolute Gasteiger partial charge is 0.224 e. The second-order valence-corrected chi connectivity index (χ2v) is 5.56. The van der Waals surface area contributed by atoms with Crippen LogP contribution in [0.1, 0.15) is 11.4 Å². The van der Waals surface area contributed by atoms with Crippen LogP contribution in [0.4, 0.5) is 0 Å². The molecular weight excluding hydrogens is 304 g/mol. The Hall–Kier alpha value is -2.89. The van der Waals surface area contributed by atoms with Gasteiger partial charge in [-0.05, 0) is 29.8 Å². The number of carbonyl (C=O) groups is 1. The highest BCUT2D eigenvalue weighted by atomic mass is 16.5. The van der Waals surface area contributed by atoms with E-state index in [1.807, 2.05) is 48.0 Å². The van der Waals surface area contributed by atoms with Crippen LogP contribution < -0.4 is 10.1 Å². The summed E-state index contributed by atoms with van der Waals surface area (Å²) >= 11 is 0. The second-order valence-electron chi connectivity index (χ2n) is 5.56. The Morgan fingerprint density at radius 2 is 2.04 bits per heavy atom. The Morgan fingerprint density at radius 3 is 2.75 bits per heavy atom. The lowest BCUT2D eigenvalue weighted by Gasteiger charge is -2.06. The van der Waals surface area contributed by atoms with Gasteiger partial charge in [-0.3, -0.25) is 4.79 Å². The van der Waals surface area contributed by atoms with Crippen LogP contribution in [0, 0.1) is 0 Å². The number of benzene rings is 1. The first-order chi connectivity index (χ1) is 11.7. The van der Waals surface area contributed by atoms with Crippen LogP contribution in [-0.4, -0.2) is 34.1 Å². The summed E-state index contributed by atoms with van der Waals surface area (Å²) in [5.74, 6) is 1.69. The summed E-state index contributed by atoms with van der Waals surface area (Å²) in [6, 6.07) is 11.3. The SMILES string of the molecule is COc1ccc(CC(=O)NCCc2nc3cccnc3n2C)cc1. The molecular formula is C18H20N4O2. The molecule has 0 aliphatic rings. The van der Waals surface area contributed by atoms with Gasteiger partial charge in [-0.25, -0.2) is 9.97 Å². The van der Waals surface area contributed by atoms with Crippen LogP contribution in [-0.2, 0) is 24.7 Å². The Morgan fingerprint density at radius 1 is 1.25 bits per heavy atom. The van der Waals surface area contributed by atoms with Crippen molar-refractivity contribution in [3.8, 4) is 5.75 Å². The van der Waals surface area contributed by atoms with E-state index >= 15 is 0 Å². The molecule has 0 saturated carbocycles. The van der Waals surface area contributed by atoms with Gasteiger partial charge in [0.25, 0.3) is 0 Å². The number of pyridine rings is 1. The number of methoxy groups -OCH3 is 1. The minimum Gasteiger partial charge on any atom is -0.497 e. The van der Waals surface area contributed by atoms with Crippen molar-refractivity contribution in [3.05, 3.63) is 54.0 Å². The standard InChI is InChI=1S/C18H20N4O2/c1-22-16(21-15-4-3-10-20-18(15)22)9-11-19-17(23)12-13-5-7-14(24-2)8-6-13/h3-8,10H,9,11-12H2,1-2H3,(H,19,23). The third-order valence-corrected chi connectivity index (χ3v) is 3.91. The van der Waals surface area contributed by atoms with Crippen LogP contribution in [0.3, 0.4) is 0 Å². The average Bonchev–Trinajstić information content (AvgIpc) is 2.92. The molecule has 6 heteroatoms. The molecule has 0 atom stereocenters. The lowest BCUT2D eigenvalue weighted by molar-refractivity contribution is -0.120. The zero-order chi connectivity index (χ0) is 16.9. The van der Waals surface area contributed by atoms with E-state index in [2.05, 4.69) is 15.3 Å². The number of hydrogen-bond donors (Lipinski definition) is 1. The molecule has 24 heavy (non-hydrogen) atoms. The molecule has 3 rings (SSSR count). The molecule has 2 aromatic heterocycles. The first-order valence-corrected chi connectivity index (χ1v) is 7.83.